The van der Waals surface area contributed by atoms with Gasteiger partial charge >= 0.3 is 0 Å². The molecule has 0 bridgehead atoms. The maximum absolute atomic E-state index is 14.0. The second kappa shape index (κ2) is 7.82. The lowest BCUT2D eigenvalue weighted by Gasteiger charge is -2.25. The van der Waals surface area contributed by atoms with Gasteiger partial charge in [0.15, 0.2) is 0 Å². The summed E-state index contributed by atoms with van der Waals surface area (Å²) in [5.74, 6) is 0.0392. The highest BCUT2D eigenvalue weighted by atomic mass is 19.1. The Kier molecular flexibility index (Phi) is 5.31. The molecule has 134 valence electrons. The van der Waals surface area contributed by atoms with Crippen LogP contribution in [0.1, 0.15) is 12.0 Å². The van der Waals surface area contributed by atoms with Crippen LogP contribution in [0.15, 0.2) is 54.7 Å². The first-order valence-corrected chi connectivity index (χ1v) is 8.27. The van der Waals surface area contributed by atoms with Crippen LogP contribution >= 0.6 is 0 Å². The van der Waals surface area contributed by atoms with Gasteiger partial charge in [0, 0.05) is 42.3 Å². The molecule has 1 aromatic heterocycles. The molecule has 0 spiro atoms. The van der Waals surface area contributed by atoms with Crippen molar-refractivity contribution in [3.8, 4) is 5.75 Å². The third kappa shape index (κ3) is 4.08. The second-order valence-corrected chi connectivity index (χ2v) is 5.98. The molecule has 0 atom stereocenters. The predicted molar refractivity (Wildman–Crippen MR) is 99.6 cm³/mol. The lowest BCUT2D eigenvalue weighted by atomic mass is 10.1. The van der Waals surface area contributed by atoms with Crippen LogP contribution in [-0.4, -0.2) is 24.5 Å². The number of hydrogen-bond donors (Lipinski definition) is 1. The van der Waals surface area contributed by atoms with Crippen LogP contribution in [0.5, 0.6) is 5.75 Å². The summed E-state index contributed by atoms with van der Waals surface area (Å²) in [7, 11) is 1.60. The summed E-state index contributed by atoms with van der Waals surface area (Å²) >= 11 is 0. The molecule has 3 aromatic rings. The quantitative estimate of drug-likeness (QED) is 0.708. The van der Waals surface area contributed by atoms with Crippen molar-refractivity contribution in [2.45, 2.75) is 13.0 Å². The van der Waals surface area contributed by atoms with Crippen LogP contribution in [0.3, 0.4) is 0 Å². The summed E-state index contributed by atoms with van der Waals surface area (Å²) in [6, 6.07) is 14.0. The van der Waals surface area contributed by atoms with Gasteiger partial charge in [0.05, 0.1) is 12.6 Å². The molecule has 6 heteroatoms. The van der Waals surface area contributed by atoms with E-state index < -0.39 is 0 Å². The number of fused-ring (bicyclic) bond motifs is 1. The molecule has 0 aliphatic heterocycles. The predicted octanol–water partition coefficient (Wildman–Crippen LogP) is 3.26. The van der Waals surface area contributed by atoms with Gasteiger partial charge in [0.1, 0.15) is 11.6 Å². The number of halogens is 1. The van der Waals surface area contributed by atoms with E-state index in [-0.39, 0.29) is 18.1 Å². The molecule has 5 nitrogen and oxygen atoms in total. The number of aromatic nitrogens is 1. The fourth-order valence-corrected chi connectivity index (χ4v) is 2.89. The van der Waals surface area contributed by atoms with Crippen molar-refractivity contribution in [3.63, 3.8) is 0 Å². The van der Waals surface area contributed by atoms with Crippen molar-refractivity contribution in [2.24, 2.45) is 5.73 Å². The maximum Gasteiger partial charge on any atom is 0.219 e. The van der Waals surface area contributed by atoms with E-state index in [1.807, 2.05) is 35.2 Å². The highest BCUT2D eigenvalue weighted by Gasteiger charge is 2.13. The number of methoxy groups -OCH3 is 1. The Hall–Kier alpha value is -3.15. The molecule has 0 aliphatic rings. The summed E-state index contributed by atoms with van der Waals surface area (Å²) in [5, 5.41) is 0.743. The van der Waals surface area contributed by atoms with Gasteiger partial charge in [-0.05, 0) is 42.5 Å². The zero-order chi connectivity index (χ0) is 18.5. The third-order valence-electron chi connectivity index (χ3n) is 4.18. The number of hydrogen-bond acceptors (Lipinski definition) is 4. The lowest BCUT2D eigenvalue weighted by Crippen LogP contribution is -2.28. The number of nitrogens with two attached hydrogens (primary N) is 1. The van der Waals surface area contributed by atoms with E-state index in [1.54, 1.807) is 19.4 Å². The molecule has 2 N–H and O–H groups in total. The van der Waals surface area contributed by atoms with E-state index in [2.05, 4.69) is 4.98 Å². The van der Waals surface area contributed by atoms with Crippen LogP contribution < -0.4 is 15.4 Å². The number of rotatable bonds is 7. The van der Waals surface area contributed by atoms with Gasteiger partial charge in [-0.25, -0.2) is 4.39 Å². The van der Waals surface area contributed by atoms with Crippen molar-refractivity contribution in [1.29, 1.82) is 0 Å². The molecule has 0 radical (unpaired) electrons. The topological polar surface area (TPSA) is 68.5 Å². The minimum atomic E-state index is -0.384. The van der Waals surface area contributed by atoms with Gasteiger partial charge in [0.25, 0.3) is 0 Å². The van der Waals surface area contributed by atoms with Gasteiger partial charge in [-0.3, -0.25) is 9.78 Å². The van der Waals surface area contributed by atoms with Crippen LogP contribution in [-0.2, 0) is 11.3 Å². The number of ether oxygens (including phenoxy) is 1. The summed E-state index contributed by atoms with van der Waals surface area (Å²) in [5.41, 5.74) is 7.70. The van der Waals surface area contributed by atoms with Crippen molar-refractivity contribution in [2.75, 3.05) is 18.6 Å². The Balaban J connectivity index is 1.95. The minimum absolute atomic E-state index is 0.201. The molecule has 0 saturated carbocycles. The number of amides is 1. The smallest absolute Gasteiger partial charge is 0.219 e. The molecule has 0 aliphatic carbocycles. The highest BCUT2D eigenvalue weighted by molar-refractivity contribution is 5.82. The Morgan fingerprint density at radius 3 is 2.69 bits per heavy atom. The molecule has 0 saturated heterocycles. The zero-order valence-electron chi connectivity index (χ0n) is 14.5. The average Bonchev–Trinajstić information content (AvgIpc) is 2.64. The van der Waals surface area contributed by atoms with Crippen LogP contribution in [0.2, 0.25) is 0 Å². The fraction of sp³-hybridized carbons (Fsp3) is 0.200. The molecular weight excluding hydrogens is 333 g/mol. The number of carbonyl (C=O) groups excluding carboxylic acids is 1. The van der Waals surface area contributed by atoms with E-state index >= 15 is 0 Å². The number of carbonyl (C=O) groups is 1. The number of primary amides is 1. The van der Waals surface area contributed by atoms with Gasteiger partial charge in [-0.15, -0.1) is 0 Å². The number of nitrogens with zero attached hydrogens (tertiary/aromatic N) is 2. The summed E-state index contributed by atoms with van der Waals surface area (Å²) in [4.78, 5) is 17.6. The zero-order valence-corrected chi connectivity index (χ0v) is 14.5. The van der Waals surface area contributed by atoms with Crippen molar-refractivity contribution in [1.82, 2.24) is 4.98 Å². The van der Waals surface area contributed by atoms with E-state index in [1.165, 1.54) is 12.1 Å². The van der Waals surface area contributed by atoms with E-state index in [0.29, 0.717) is 13.1 Å². The fourth-order valence-electron chi connectivity index (χ4n) is 2.89. The monoisotopic (exact) mass is 353 g/mol. The summed E-state index contributed by atoms with van der Waals surface area (Å²) in [6.45, 7) is 0.831. The van der Waals surface area contributed by atoms with Crippen molar-refractivity contribution < 1.29 is 13.9 Å². The van der Waals surface area contributed by atoms with Gasteiger partial charge in [-0.2, -0.15) is 0 Å². The molecule has 0 unspecified atom stereocenters. The Bertz CT molecular complexity index is 913. The first-order chi connectivity index (χ1) is 12.6. The molecule has 26 heavy (non-hydrogen) atoms. The van der Waals surface area contributed by atoms with Gasteiger partial charge in [0.2, 0.25) is 5.91 Å². The first kappa shape index (κ1) is 17.7. The van der Waals surface area contributed by atoms with Crippen molar-refractivity contribution in [3.05, 3.63) is 66.1 Å². The number of anilines is 1. The lowest BCUT2D eigenvalue weighted by molar-refractivity contribution is -0.117. The van der Waals surface area contributed by atoms with Gasteiger partial charge < -0.3 is 15.4 Å². The number of pyridine rings is 1. The maximum atomic E-state index is 14.0. The minimum Gasteiger partial charge on any atom is -0.497 e. The van der Waals surface area contributed by atoms with Crippen molar-refractivity contribution >= 4 is 22.5 Å². The summed E-state index contributed by atoms with van der Waals surface area (Å²) in [6.07, 6.45) is 1.89. The van der Waals surface area contributed by atoms with E-state index in [4.69, 9.17) is 10.5 Å². The van der Waals surface area contributed by atoms with Crippen LogP contribution in [0.25, 0.3) is 10.9 Å². The number of benzene rings is 2. The first-order valence-electron chi connectivity index (χ1n) is 8.27. The van der Waals surface area contributed by atoms with Crippen LogP contribution in [0.4, 0.5) is 10.1 Å². The summed E-state index contributed by atoms with van der Waals surface area (Å²) < 4.78 is 19.2. The highest BCUT2D eigenvalue weighted by Crippen LogP contribution is 2.25. The molecule has 1 amide bonds. The molecule has 0 fully saturated rings. The Labute approximate surface area is 151 Å². The standard InChI is InChI=1S/C20H20FN3O2/c1-26-18-6-4-17(5-7-18)24(10-8-19(22)25)13-15-12-16(21)11-14-3-2-9-23-20(14)15/h2-7,9,11-12H,8,10,13H2,1H3,(H2,22,25). The van der Waals surface area contributed by atoms with Gasteiger partial charge in [-0.1, -0.05) is 6.07 Å². The largest absolute Gasteiger partial charge is 0.497 e. The van der Waals surface area contributed by atoms with E-state index in [9.17, 15) is 9.18 Å². The SMILES string of the molecule is COc1ccc(N(CCC(N)=O)Cc2cc(F)cc3cccnc23)cc1. The Morgan fingerprint density at radius 2 is 2.00 bits per heavy atom. The third-order valence-corrected chi connectivity index (χ3v) is 4.18. The molecular formula is C20H20FN3O2. The molecule has 1 heterocycles. The molecule has 2 aromatic carbocycles. The second-order valence-electron chi connectivity index (χ2n) is 5.98. The van der Waals surface area contributed by atoms with E-state index in [0.717, 1.165) is 27.9 Å². The van der Waals surface area contributed by atoms with Crippen LogP contribution in [0, 0.1) is 5.82 Å². The normalized spacial score (nSPS) is 10.7. The molecule has 3 rings (SSSR count). The average molecular weight is 353 g/mol. The Morgan fingerprint density at radius 1 is 1.23 bits per heavy atom.